The Balaban J connectivity index is 2.44. The number of hydrogen-bond acceptors (Lipinski definition) is 5. The van der Waals surface area contributed by atoms with Gasteiger partial charge in [0.25, 0.3) is 0 Å². The second-order valence-electron chi connectivity index (χ2n) is 7.44. The summed E-state index contributed by atoms with van der Waals surface area (Å²) in [6.45, 7) is 12.6. The molecule has 0 saturated carbocycles. The van der Waals surface area contributed by atoms with Crippen LogP contribution in [0.4, 0.5) is 0 Å². The molecule has 22 heavy (non-hydrogen) atoms. The highest BCUT2D eigenvalue weighted by Crippen LogP contribution is 2.19. The number of nitrogens with two attached hydrogens (primary N) is 1. The van der Waals surface area contributed by atoms with Gasteiger partial charge in [-0.1, -0.05) is 39.8 Å². The molecule has 0 aliphatic rings. The van der Waals surface area contributed by atoms with Crippen LogP contribution in [0, 0.1) is 5.92 Å². The molecule has 1 unspecified atom stereocenters. The molecule has 0 radical (unpaired) electrons. The van der Waals surface area contributed by atoms with Crippen molar-refractivity contribution in [1.82, 2.24) is 15.5 Å². The Hall–Kier alpha value is -1.43. The van der Waals surface area contributed by atoms with E-state index in [4.69, 9.17) is 10.3 Å². The average molecular weight is 310 g/mol. The highest BCUT2D eigenvalue weighted by atomic mass is 16.5. The lowest BCUT2D eigenvalue weighted by atomic mass is 9.88. The first kappa shape index (κ1) is 18.6. The van der Waals surface area contributed by atoms with Gasteiger partial charge in [0.05, 0.1) is 5.54 Å². The van der Waals surface area contributed by atoms with Gasteiger partial charge in [-0.3, -0.25) is 4.79 Å². The van der Waals surface area contributed by atoms with Gasteiger partial charge in [0.1, 0.15) is 0 Å². The minimum atomic E-state index is -0.360. The third kappa shape index (κ3) is 5.09. The molecule has 6 heteroatoms. The van der Waals surface area contributed by atoms with Crippen LogP contribution >= 0.6 is 0 Å². The summed E-state index contributed by atoms with van der Waals surface area (Å²) >= 11 is 0. The Kier molecular flexibility index (Phi) is 6.11. The average Bonchev–Trinajstić information content (AvgIpc) is 2.87. The summed E-state index contributed by atoms with van der Waals surface area (Å²) in [5.41, 5.74) is 5.29. The number of hydrogen-bond donors (Lipinski definition) is 2. The molecule has 1 amide bonds. The lowest BCUT2D eigenvalue weighted by Crippen LogP contribution is -2.54. The van der Waals surface area contributed by atoms with Crippen LogP contribution in [0.2, 0.25) is 0 Å². The van der Waals surface area contributed by atoms with E-state index in [1.807, 2.05) is 27.7 Å². The Bertz CT molecular complexity index is 491. The molecule has 0 aliphatic heterocycles. The molecule has 126 valence electrons. The van der Waals surface area contributed by atoms with Gasteiger partial charge < -0.3 is 15.6 Å². The SMILES string of the molecule is CC(C)C(C)(CN)NC(=O)CCCc1nc(C(C)(C)C)no1. The second kappa shape index (κ2) is 7.22. The molecule has 0 spiro atoms. The molecule has 0 aromatic carbocycles. The van der Waals surface area contributed by atoms with Crippen LogP contribution < -0.4 is 11.1 Å². The highest BCUT2D eigenvalue weighted by Gasteiger charge is 2.28. The van der Waals surface area contributed by atoms with Crippen molar-refractivity contribution in [3.05, 3.63) is 11.7 Å². The number of rotatable bonds is 7. The van der Waals surface area contributed by atoms with Crippen LogP contribution in [-0.2, 0) is 16.6 Å². The molecule has 1 aromatic rings. The third-order valence-corrected chi connectivity index (χ3v) is 4.06. The zero-order valence-corrected chi connectivity index (χ0v) is 14.7. The molecule has 1 rings (SSSR count). The van der Waals surface area contributed by atoms with E-state index in [1.165, 1.54) is 0 Å². The van der Waals surface area contributed by atoms with Gasteiger partial charge in [0, 0.05) is 24.8 Å². The summed E-state index contributed by atoms with van der Waals surface area (Å²) < 4.78 is 5.22. The Morgan fingerprint density at radius 2 is 1.95 bits per heavy atom. The number of nitrogens with one attached hydrogen (secondary N) is 1. The Morgan fingerprint density at radius 1 is 1.32 bits per heavy atom. The van der Waals surface area contributed by atoms with Crippen molar-refractivity contribution in [3.8, 4) is 0 Å². The quantitative estimate of drug-likeness (QED) is 0.805. The largest absolute Gasteiger partial charge is 0.349 e. The number of aryl methyl sites for hydroxylation is 1. The maximum atomic E-state index is 12.0. The van der Waals surface area contributed by atoms with Crippen molar-refractivity contribution < 1.29 is 9.32 Å². The number of carbonyl (C=O) groups excluding carboxylic acids is 1. The summed E-state index contributed by atoms with van der Waals surface area (Å²) in [4.78, 5) is 16.4. The van der Waals surface area contributed by atoms with Crippen LogP contribution in [0.15, 0.2) is 4.52 Å². The maximum absolute atomic E-state index is 12.0. The number of carbonyl (C=O) groups is 1. The fourth-order valence-electron chi connectivity index (χ4n) is 1.87. The van der Waals surface area contributed by atoms with Crippen molar-refractivity contribution in [1.29, 1.82) is 0 Å². The Labute approximate surface area is 133 Å². The van der Waals surface area contributed by atoms with Crippen LogP contribution in [0.1, 0.15) is 66.1 Å². The van der Waals surface area contributed by atoms with Crippen molar-refractivity contribution in [3.63, 3.8) is 0 Å². The van der Waals surface area contributed by atoms with E-state index in [1.54, 1.807) is 0 Å². The van der Waals surface area contributed by atoms with E-state index >= 15 is 0 Å². The molecule has 1 aromatic heterocycles. The van der Waals surface area contributed by atoms with E-state index in [9.17, 15) is 4.79 Å². The molecular weight excluding hydrogens is 280 g/mol. The van der Waals surface area contributed by atoms with Gasteiger partial charge in [-0.15, -0.1) is 0 Å². The van der Waals surface area contributed by atoms with E-state index in [-0.39, 0.29) is 22.8 Å². The highest BCUT2D eigenvalue weighted by molar-refractivity contribution is 5.76. The molecule has 0 bridgehead atoms. The topological polar surface area (TPSA) is 94.0 Å². The normalized spacial score (nSPS) is 14.9. The molecule has 0 saturated heterocycles. The molecular formula is C16H30N4O2. The Morgan fingerprint density at radius 3 is 2.41 bits per heavy atom. The number of aromatic nitrogens is 2. The first-order valence-corrected chi connectivity index (χ1v) is 7.92. The van der Waals surface area contributed by atoms with Gasteiger partial charge >= 0.3 is 0 Å². The molecule has 6 nitrogen and oxygen atoms in total. The van der Waals surface area contributed by atoms with Gasteiger partial charge in [-0.05, 0) is 19.3 Å². The standard InChI is InChI=1S/C16H30N4O2/c1-11(2)16(6,10-17)19-12(21)8-7-9-13-18-14(20-22-13)15(3,4)5/h11H,7-10,17H2,1-6H3,(H,19,21). The van der Waals surface area contributed by atoms with Crippen molar-refractivity contribution in [2.75, 3.05) is 6.54 Å². The van der Waals surface area contributed by atoms with Gasteiger partial charge in [0.2, 0.25) is 11.8 Å². The van der Waals surface area contributed by atoms with Crippen LogP contribution in [-0.4, -0.2) is 28.1 Å². The fraction of sp³-hybridized carbons (Fsp3) is 0.812. The van der Waals surface area contributed by atoms with Crippen LogP contribution in [0.3, 0.4) is 0 Å². The summed E-state index contributed by atoms with van der Waals surface area (Å²) in [7, 11) is 0. The molecule has 1 heterocycles. The minimum Gasteiger partial charge on any atom is -0.349 e. The van der Waals surface area contributed by atoms with E-state index in [0.29, 0.717) is 37.5 Å². The summed E-state index contributed by atoms with van der Waals surface area (Å²) in [5, 5.41) is 7.01. The first-order chi connectivity index (χ1) is 10.1. The van der Waals surface area contributed by atoms with Gasteiger partial charge in [-0.25, -0.2) is 0 Å². The predicted octanol–water partition coefficient (Wildman–Crippen LogP) is 2.18. The number of nitrogens with zero attached hydrogens (tertiary/aromatic N) is 2. The van der Waals surface area contributed by atoms with E-state index in [0.717, 1.165) is 0 Å². The van der Waals surface area contributed by atoms with Gasteiger partial charge in [-0.2, -0.15) is 4.98 Å². The van der Waals surface area contributed by atoms with E-state index in [2.05, 4.69) is 29.3 Å². The lowest BCUT2D eigenvalue weighted by Gasteiger charge is -2.33. The van der Waals surface area contributed by atoms with Crippen molar-refractivity contribution in [2.45, 2.75) is 71.8 Å². The van der Waals surface area contributed by atoms with Gasteiger partial charge in [0.15, 0.2) is 5.82 Å². The molecule has 0 aliphatic carbocycles. The molecule has 3 N–H and O–H groups in total. The summed E-state index contributed by atoms with van der Waals surface area (Å²) in [5.74, 6) is 1.58. The smallest absolute Gasteiger partial charge is 0.226 e. The van der Waals surface area contributed by atoms with E-state index < -0.39 is 0 Å². The molecule has 0 fully saturated rings. The number of amides is 1. The lowest BCUT2D eigenvalue weighted by molar-refractivity contribution is -0.123. The summed E-state index contributed by atoms with van der Waals surface area (Å²) in [6.07, 6.45) is 1.71. The van der Waals surface area contributed by atoms with Crippen molar-refractivity contribution >= 4 is 5.91 Å². The van der Waals surface area contributed by atoms with Crippen LogP contribution in [0.5, 0.6) is 0 Å². The van der Waals surface area contributed by atoms with Crippen molar-refractivity contribution in [2.24, 2.45) is 11.7 Å². The zero-order valence-electron chi connectivity index (χ0n) is 14.7. The third-order valence-electron chi connectivity index (χ3n) is 4.06. The zero-order chi connectivity index (χ0) is 17.0. The fourth-order valence-corrected chi connectivity index (χ4v) is 1.87. The molecule has 1 atom stereocenters. The summed E-state index contributed by atoms with van der Waals surface area (Å²) in [6, 6.07) is 0. The monoisotopic (exact) mass is 310 g/mol. The minimum absolute atomic E-state index is 0.0113. The first-order valence-electron chi connectivity index (χ1n) is 7.92. The van der Waals surface area contributed by atoms with Crippen LogP contribution in [0.25, 0.3) is 0 Å². The maximum Gasteiger partial charge on any atom is 0.226 e. The second-order valence-corrected chi connectivity index (χ2v) is 7.44. The predicted molar refractivity (Wildman–Crippen MR) is 86.4 cm³/mol.